The molecular formula is C14H21ClN2O2. The Hall–Kier alpha value is -1.26. The second-order valence-electron chi connectivity index (χ2n) is 5.49. The third kappa shape index (κ3) is 6.45. The number of urea groups is 1. The zero-order chi connectivity index (χ0) is 14.5. The lowest BCUT2D eigenvalue weighted by atomic mass is 10.1. The minimum atomic E-state index is -0.631. The van der Waals surface area contributed by atoms with Crippen LogP contribution in [0.4, 0.5) is 4.79 Å². The summed E-state index contributed by atoms with van der Waals surface area (Å²) in [6, 6.07) is 6.85. The van der Waals surface area contributed by atoms with Crippen molar-refractivity contribution in [3.05, 3.63) is 34.9 Å². The Balaban J connectivity index is 2.35. The molecule has 1 atom stereocenters. The van der Waals surface area contributed by atoms with Crippen LogP contribution in [-0.4, -0.2) is 23.2 Å². The number of carbonyl (C=O) groups excluding carboxylic acids is 1. The predicted octanol–water partition coefficient (Wildman–Crippen LogP) is 2.86. The lowest BCUT2D eigenvalue weighted by Crippen LogP contribution is -2.46. The topological polar surface area (TPSA) is 61.4 Å². The summed E-state index contributed by atoms with van der Waals surface area (Å²) in [6.45, 7) is 6.13. The van der Waals surface area contributed by atoms with E-state index in [4.69, 9.17) is 11.6 Å². The number of amides is 2. The van der Waals surface area contributed by atoms with E-state index in [1.54, 1.807) is 18.2 Å². The van der Waals surface area contributed by atoms with Crippen LogP contribution in [0.5, 0.6) is 0 Å². The van der Waals surface area contributed by atoms with E-state index in [2.05, 4.69) is 10.6 Å². The van der Waals surface area contributed by atoms with Gasteiger partial charge in [0.2, 0.25) is 0 Å². The second-order valence-corrected chi connectivity index (χ2v) is 5.93. The monoisotopic (exact) mass is 284 g/mol. The molecule has 1 rings (SSSR count). The SMILES string of the molecule is CC(C)(C)NC(=O)NCC[C@@H](O)c1cccc(Cl)c1. The Labute approximate surface area is 119 Å². The number of hydrogen-bond acceptors (Lipinski definition) is 2. The van der Waals surface area contributed by atoms with Gasteiger partial charge in [-0.3, -0.25) is 0 Å². The van der Waals surface area contributed by atoms with E-state index in [0.717, 1.165) is 5.56 Å². The Morgan fingerprint density at radius 3 is 2.68 bits per heavy atom. The molecule has 5 heteroatoms. The fourth-order valence-electron chi connectivity index (χ4n) is 1.59. The fourth-order valence-corrected chi connectivity index (χ4v) is 1.79. The van der Waals surface area contributed by atoms with Gasteiger partial charge in [-0.25, -0.2) is 4.79 Å². The quantitative estimate of drug-likeness (QED) is 0.796. The Morgan fingerprint density at radius 1 is 1.42 bits per heavy atom. The molecule has 0 aromatic heterocycles. The van der Waals surface area contributed by atoms with Gasteiger partial charge in [-0.05, 0) is 44.9 Å². The van der Waals surface area contributed by atoms with E-state index in [0.29, 0.717) is 18.0 Å². The summed E-state index contributed by atoms with van der Waals surface area (Å²) in [5, 5.41) is 16.1. The molecule has 0 saturated heterocycles. The molecule has 0 saturated carbocycles. The van der Waals surface area contributed by atoms with Crippen molar-refractivity contribution in [1.29, 1.82) is 0 Å². The molecule has 0 aliphatic rings. The molecule has 1 aromatic rings. The van der Waals surface area contributed by atoms with Crippen molar-refractivity contribution < 1.29 is 9.90 Å². The van der Waals surface area contributed by atoms with Crippen molar-refractivity contribution >= 4 is 17.6 Å². The van der Waals surface area contributed by atoms with Crippen molar-refractivity contribution in [2.45, 2.75) is 38.8 Å². The molecule has 4 nitrogen and oxygen atoms in total. The average molecular weight is 285 g/mol. The maximum Gasteiger partial charge on any atom is 0.315 e. The van der Waals surface area contributed by atoms with E-state index >= 15 is 0 Å². The third-order valence-electron chi connectivity index (χ3n) is 2.43. The van der Waals surface area contributed by atoms with E-state index in [9.17, 15) is 9.90 Å². The maximum absolute atomic E-state index is 11.5. The fraction of sp³-hybridized carbons (Fsp3) is 0.500. The third-order valence-corrected chi connectivity index (χ3v) is 2.66. The molecule has 3 N–H and O–H groups in total. The number of carbonyl (C=O) groups is 1. The summed E-state index contributed by atoms with van der Waals surface area (Å²) in [5.74, 6) is 0. The van der Waals surface area contributed by atoms with Crippen LogP contribution in [-0.2, 0) is 0 Å². The first-order valence-corrected chi connectivity index (χ1v) is 6.65. The summed E-state index contributed by atoms with van der Waals surface area (Å²) < 4.78 is 0. The summed E-state index contributed by atoms with van der Waals surface area (Å²) in [6.07, 6.45) is -0.189. The summed E-state index contributed by atoms with van der Waals surface area (Å²) in [7, 11) is 0. The van der Waals surface area contributed by atoms with Gasteiger partial charge < -0.3 is 15.7 Å². The number of halogens is 1. The number of aliphatic hydroxyl groups is 1. The van der Waals surface area contributed by atoms with Crippen molar-refractivity contribution in [3.8, 4) is 0 Å². The number of rotatable bonds is 4. The van der Waals surface area contributed by atoms with Crippen LogP contribution in [0.2, 0.25) is 5.02 Å². The Kier molecular flexibility index (Phi) is 5.63. The van der Waals surface area contributed by atoms with Crippen molar-refractivity contribution in [2.75, 3.05) is 6.54 Å². The van der Waals surface area contributed by atoms with Gasteiger partial charge in [0.05, 0.1) is 6.10 Å². The number of benzene rings is 1. The molecule has 0 heterocycles. The summed E-state index contributed by atoms with van der Waals surface area (Å²) >= 11 is 5.86. The molecule has 0 fully saturated rings. The normalized spacial score (nSPS) is 12.9. The van der Waals surface area contributed by atoms with Crippen LogP contribution in [0.25, 0.3) is 0 Å². The first-order chi connectivity index (χ1) is 8.78. The second kappa shape index (κ2) is 6.78. The molecule has 0 spiro atoms. The van der Waals surface area contributed by atoms with Crippen LogP contribution in [0, 0.1) is 0 Å². The van der Waals surface area contributed by atoms with Crippen LogP contribution in [0.15, 0.2) is 24.3 Å². The van der Waals surface area contributed by atoms with Crippen molar-refractivity contribution in [3.63, 3.8) is 0 Å². The van der Waals surface area contributed by atoms with E-state index in [1.807, 2.05) is 26.8 Å². The van der Waals surface area contributed by atoms with Crippen LogP contribution >= 0.6 is 11.6 Å². The summed E-state index contributed by atoms with van der Waals surface area (Å²) in [4.78, 5) is 11.5. The zero-order valence-electron chi connectivity index (χ0n) is 11.5. The van der Waals surface area contributed by atoms with E-state index < -0.39 is 6.10 Å². The molecular weight excluding hydrogens is 264 g/mol. The van der Waals surface area contributed by atoms with E-state index in [-0.39, 0.29) is 11.6 Å². The highest BCUT2D eigenvalue weighted by Gasteiger charge is 2.13. The highest BCUT2D eigenvalue weighted by Crippen LogP contribution is 2.19. The first kappa shape index (κ1) is 15.8. The van der Waals surface area contributed by atoms with Crippen LogP contribution in [0.1, 0.15) is 38.9 Å². The zero-order valence-corrected chi connectivity index (χ0v) is 12.3. The van der Waals surface area contributed by atoms with Crippen molar-refractivity contribution in [2.24, 2.45) is 0 Å². The number of nitrogens with one attached hydrogen (secondary N) is 2. The molecule has 2 amide bonds. The average Bonchev–Trinajstić information content (AvgIpc) is 2.26. The standard InChI is InChI=1S/C14H21ClN2O2/c1-14(2,3)17-13(19)16-8-7-12(18)10-5-4-6-11(15)9-10/h4-6,9,12,18H,7-8H2,1-3H3,(H2,16,17,19)/t12-/m1/s1. The lowest BCUT2D eigenvalue weighted by Gasteiger charge is -2.21. The number of hydrogen-bond donors (Lipinski definition) is 3. The summed E-state index contributed by atoms with van der Waals surface area (Å²) in [5.41, 5.74) is 0.487. The van der Waals surface area contributed by atoms with Gasteiger partial charge in [-0.2, -0.15) is 0 Å². The molecule has 0 bridgehead atoms. The van der Waals surface area contributed by atoms with Gasteiger partial charge in [-0.1, -0.05) is 23.7 Å². The first-order valence-electron chi connectivity index (χ1n) is 6.27. The van der Waals surface area contributed by atoms with Gasteiger partial charge in [0.25, 0.3) is 0 Å². The molecule has 19 heavy (non-hydrogen) atoms. The Bertz CT molecular complexity index is 430. The molecule has 0 aliphatic carbocycles. The van der Waals surface area contributed by atoms with Gasteiger partial charge in [0, 0.05) is 17.1 Å². The molecule has 0 unspecified atom stereocenters. The van der Waals surface area contributed by atoms with Gasteiger partial charge in [0.15, 0.2) is 0 Å². The van der Waals surface area contributed by atoms with Gasteiger partial charge >= 0.3 is 6.03 Å². The van der Waals surface area contributed by atoms with E-state index in [1.165, 1.54) is 0 Å². The minimum Gasteiger partial charge on any atom is -0.388 e. The molecule has 0 radical (unpaired) electrons. The van der Waals surface area contributed by atoms with Gasteiger partial charge in [-0.15, -0.1) is 0 Å². The van der Waals surface area contributed by atoms with Crippen molar-refractivity contribution in [1.82, 2.24) is 10.6 Å². The lowest BCUT2D eigenvalue weighted by molar-refractivity contribution is 0.166. The molecule has 1 aromatic carbocycles. The largest absolute Gasteiger partial charge is 0.388 e. The molecule has 0 aliphatic heterocycles. The van der Waals surface area contributed by atoms with Gasteiger partial charge in [0.1, 0.15) is 0 Å². The smallest absolute Gasteiger partial charge is 0.315 e. The van der Waals surface area contributed by atoms with Crippen LogP contribution < -0.4 is 10.6 Å². The highest BCUT2D eigenvalue weighted by atomic mass is 35.5. The maximum atomic E-state index is 11.5. The minimum absolute atomic E-state index is 0.231. The number of aliphatic hydroxyl groups excluding tert-OH is 1. The predicted molar refractivity (Wildman–Crippen MR) is 77.3 cm³/mol. The highest BCUT2D eigenvalue weighted by molar-refractivity contribution is 6.30. The van der Waals surface area contributed by atoms with Crippen LogP contribution in [0.3, 0.4) is 0 Å². The Morgan fingerprint density at radius 2 is 2.11 bits per heavy atom. The molecule has 106 valence electrons.